The molecule has 1 aromatic carbocycles. The quantitative estimate of drug-likeness (QED) is 0.743. The highest BCUT2D eigenvalue weighted by atomic mass is 19.1. The second-order valence-electron chi connectivity index (χ2n) is 7.08. The van der Waals surface area contributed by atoms with E-state index in [-0.39, 0.29) is 36.5 Å². The van der Waals surface area contributed by atoms with Crippen molar-refractivity contribution in [3.05, 3.63) is 35.6 Å². The Balaban J connectivity index is 1.87. The van der Waals surface area contributed by atoms with Crippen LogP contribution in [0.15, 0.2) is 24.3 Å². The van der Waals surface area contributed by atoms with Crippen LogP contribution in [0.25, 0.3) is 0 Å². The topological polar surface area (TPSA) is 72.9 Å². The van der Waals surface area contributed by atoms with Gasteiger partial charge in [-0.05, 0) is 50.9 Å². The first-order chi connectivity index (χ1) is 12.3. The molecule has 2 rings (SSSR count). The molecule has 0 aromatic heterocycles. The normalized spacial score (nSPS) is 19.3. The maximum Gasteiger partial charge on any atom is 0.318 e. The van der Waals surface area contributed by atoms with Crippen molar-refractivity contribution in [1.82, 2.24) is 15.1 Å². The average Bonchev–Trinajstić information content (AvgIpc) is 2.54. The van der Waals surface area contributed by atoms with Crippen molar-refractivity contribution in [3.63, 3.8) is 0 Å². The predicted octanol–water partition coefficient (Wildman–Crippen LogP) is 2.68. The van der Waals surface area contributed by atoms with Gasteiger partial charge in [0.25, 0.3) is 0 Å². The number of nitrogens with one attached hydrogen (secondary N) is 1. The van der Waals surface area contributed by atoms with E-state index in [1.165, 1.54) is 12.1 Å². The summed E-state index contributed by atoms with van der Waals surface area (Å²) >= 11 is 0. The van der Waals surface area contributed by atoms with E-state index in [0.29, 0.717) is 13.1 Å². The van der Waals surface area contributed by atoms with E-state index in [1.54, 1.807) is 17.0 Å². The Bertz CT molecular complexity index is 615. The van der Waals surface area contributed by atoms with E-state index in [2.05, 4.69) is 5.32 Å². The zero-order chi connectivity index (χ0) is 19.3. The van der Waals surface area contributed by atoms with Crippen LogP contribution in [-0.4, -0.2) is 58.1 Å². The zero-order valence-electron chi connectivity index (χ0n) is 15.6. The lowest BCUT2D eigenvalue weighted by Crippen LogP contribution is -2.57. The largest absolute Gasteiger partial charge is 0.480 e. The van der Waals surface area contributed by atoms with Crippen LogP contribution in [0.4, 0.5) is 9.18 Å². The number of carboxylic acid groups (broad SMARTS) is 1. The van der Waals surface area contributed by atoms with Crippen molar-refractivity contribution in [1.29, 1.82) is 0 Å². The lowest BCUT2D eigenvalue weighted by Gasteiger charge is -2.43. The van der Waals surface area contributed by atoms with Crippen LogP contribution in [0, 0.1) is 5.82 Å². The van der Waals surface area contributed by atoms with E-state index in [4.69, 9.17) is 5.11 Å². The molecule has 0 atom stereocenters. The fourth-order valence-corrected chi connectivity index (χ4v) is 3.21. The number of carboxylic acids is 1. The molecule has 6 nitrogen and oxygen atoms in total. The second-order valence-corrected chi connectivity index (χ2v) is 7.08. The van der Waals surface area contributed by atoms with Gasteiger partial charge in [0, 0.05) is 24.7 Å². The summed E-state index contributed by atoms with van der Waals surface area (Å²) in [6.45, 7) is 6.96. The summed E-state index contributed by atoms with van der Waals surface area (Å²) in [5, 5.41) is 12.0. The molecule has 0 bridgehead atoms. The number of nitrogens with zero attached hydrogens (tertiary/aromatic N) is 2. The highest BCUT2D eigenvalue weighted by Crippen LogP contribution is 2.26. The number of hydrogen-bond donors (Lipinski definition) is 2. The number of amides is 2. The number of urea groups is 1. The Kier molecular flexibility index (Phi) is 6.97. The molecule has 1 fully saturated rings. The number of aliphatic carboxylic acids is 1. The molecule has 2 N–H and O–H groups in total. The maximum absolute atomic E-state index is 13.0. The van der Waals surface area contributed by atoms with Crippen molar-refractivity contribution < 1.29 is 19.1 Å². The Morgan fingerprint density at radius 1 is 1.27 bits per heavy atom. The molecule has 26 heavy (non-hydrogen) atoms. The fourth-order valence-electron chi connectivity index (χ4n) is 3.21. The minimum absolute atomic E-state index is 0.00933. The third-order valence-corrected chi connectivity index (χ3v) is 4.85. The molecule has 0 radical (unpaired) electrons. The molecule has 0 unspecified atom stereocenters. The molecule has 144 valence electrons. The van der Waals surface area contributed by atoms with Gasteiger partial charge in [-0.15, -0.1) is 0 Å². The molecule has 0 aliphatic heterocycles. The predicted molar refractivity (Wildman–Crippen MR) is 97.3 cm³/mol. The van der Waals surface area contributed by atoms with E-state index in [1.807, 2.05) is 25.7 Å². The average molecular weight is 365 g/mol. The van der Waals surface area contributed by atoms with Crippen molar-refractivity contribution in [2.45, 2.75) is 58.3 Å². The van der Waals surface area contributed by atoms with Gasteiger partial charge in [-0.1, -0.05) is 19.1 Å². The summed E-state index contributed by atoms with van der Waals surface area (Å²) in [5.74, 6) is -1.12. The second kappa shape index (κ2) is 8.98. The van der Waals surface area contributed by atoms with Gasteiger partial charge in [0.15, 0.2) is 0 Å². The van der Waals surface area contributed by atoms with Crippen LogP contribution in [0.5, 0.6) is 0 Å². The minimum atomic E-state index is -0.829. The molecule has 1 saturated carbocycles. The molecule has 1 aliphatic rings. The monoisotopic (exact) mass is 365 g/mol. The van der Waals surface area contributed by atoms with Crippen molar-refractivity contribution in [3.8, 4) is 0 Å². The summed E-state index contributed by atoms with van der Waals surface area (Å²) in [7, 11) is 0. The molecule has 0 heterocycles. The van der Waals surface area contributed by atoms with Gasteiger partial charge in [0.2, 0.25) is 0 Å². The summed E-state index contributed by atoms with van der Waals surface area (Å²) in [4.78, 5) is 27.1. The lowest BCUT2D eigenvalue weighted by molar-refractivity contribution is -0.139. The summed E-state index contributed by atoms with van der Waals surface area (Å²) < 4.78 is 13.0. The van der Waals surface area contributed by atoms with Gasteiger partial charge in [0.1, 0.15) is 5.82 Å². The SMILES string of the molecule is CCN(CC(=O)O)C1CC(NC(=O)N(Cc2ccc(F)cc2)C(C)C)C1. The molecule has 0 saturated heterocycles. The molecule has 1 aromatic rings. The maximum atomic E-state index is 13.0. The number of halogens is 1. The number of hydrogen-bond acceptors (Lipinski definition) is 3. The number of benzene rings is 1. The zero-order valence-corrected chi connectivity index (χ0v) is 15.6. The Hall–Kier alpha value is -2.15. The molecule has 2 amide bonds. The lowest BCUT2D eigenvalue weighted by atomic mass is 9.85. The summed E-state index contributed by atoms with van der Waals surface area (Å²) in [5.41, 5.74) is 0.875. The third-order valence-electron chi connectivity index (χ3n) is 4.85. The highest BCUT2D eigenvalue weighted by molar-refractivity contribution is 5.75. The molecule has 7 heteroatoms. The van der Waals surface area contributed by atoms with Crippen molar-refractivity contribution in [2.75, 3.05) is 13.1 Å². The van der Waals surface area contributed by atoms with Crippen LogP contribution >= 0.6 is 0 Å². The first-order valence-electron chi connectivity index (χ1n) is 9.07. The van der Waals surface area contributed by atoms with Crippen LogP contribution in [0.1, 0.15) is 39.2 Å². The summed E-state index contributed by atoms with van der Waals surface area (Å²) in [6, 6.07) is 6.28. The van der Waals surface area contributed by atoms with E-state index < -0.39 is 5.97 Å². The number of likely N-dealkylation sites (N-methyl/N-ethyl adjacent to an activating group) is 1. The van der Waals surface area contributed by atoms with Gasteiger partial charge in [-0.2, -0.15) is 0 Å². The Labute approximate surface area is 154 Å². The Morgan fingerprint density at radius 3 is 2.38 bits per heavy atom. The van der Waals surface area contributed by atoms with Crippen LogP contribution in [0.3, 0.4) is 0 Å². The van der Waals surface area contributed by atoms with Crippen molar-refractivity contribution in [2.24, 2.45) is 0 Å². The van der Waals surface area contributed by atoms with E-state index in [9.17, 15) is 14.0 Å². The van der Waals surface area contributed by atoms with E-state index >= 15 is 0 Å². The molecule has 1 aliphatic carbocycles. The first kappa shape index (κ1) is 20.2. The molecule has 0 spiro atoms. The van der Waals surface area contributed by atoms with Crippen LogP contribution < -0.4 is 5.32 Å². The number of rotatable bonds is 8. The number of carbonyl (C=O) groups is 2. The molecular weight excluding hydrogens is 337 g/mol. The van der Waals surface area contributed by atoms with Gasteiger partial charge in [-0.3, -0.25) is 9.69 Å². The number of carbonyl (C=O) groups excluding carboxylic acids is 1. The Morgan fingerprint density at radius 2 is 1.88 bits per heavy atom. The van der Waals surface area contributed by atoms with Gasteiger partial charge < -0.3 is 15.3 Å². The fraction of sp³-hybridized carbons (Fsp3) is 0.579. The van der Waals surface area contributed by atoms with Crippen molar-refractivity contribution >= 4 is 12.0 Å². The summed E-state index contributed by atoms with van der Waals surface area (Å²) in [6.07, 6.45) is 1.52. The third kappa shape index (κ3) is 5.42. The molecular formula is C19H28FN3O3. The van der Waals surface area contributed by atoms with Gasteiger partial charge in [-0.25, -0.2) is 9.18 Å². The smallest absolute Gasteiger partial charge is 0.318 e. The first-order valence-corrected chi connectivity index (χ1v) is 9.07. The van der Waals surface area contributed by atoms with Crippen LogP contribution in [0.2, 0.25) is 0 Å². The van der Waals surface area contributed by atoms with Gasteiger partial charge in [0.05, 0.1) is 6.54 Å². The van der Waals surface area contributed by atoms with Gasteiger partial charge >= 0.3 is 12.0 Å². The minimum Gasteiger partial charge on any atom is -0.480 e. The standard InChI is InChI=1S/C19H28FN3O3/c1-4-22(12-18(24)25)17-9-16(10-17)21-19(26)23(13(2)3)11-14-5-7-15(20)8-6-14/h5-8,13,16-17H,4,9-12H2,1-3H3,(H,21,26)(H,24,25). The highest BCUT2D eigenvalue weighted by Gasteiger charge is 2.35. The van der Waals surface area contributed by atoms with Crippen LogP contribution in [-0.2, 0) is 11.3 Å². The van der Waals surface area contributed by atoms with E-state index in [0.717, 1.165) is 18.4 Å².